The molecule has 0 aromatic heterocycles. The minimum Gasteiger partial charge on any atom is -0.432 e. The van der Waals surface area contributed by atoms with Crippen LogP contribution in [0, 0.1) is 0 Å². The quantitative estimate of drug-likeness (QED) is 0.771. The molecule has 2 heterocycles. The number of benzene rings is 1. The summed E-state index contributed by atoms with van der Waals surface area (Å²) in [5, 5.41) is 9.79. The highest BCUT2D eigenvalue weighted by atomic mass is 16.6. The first-order chi connectivity index (χ1) is 9.09. The Morgan fingerprint density at radius 3 is 2.63 bits per heavy atom. The molecule has 2 aliphatic rings. The second-order valence-electron chi connectivity index (χ2n) is 4.77. The lowest BCUT2D eigenvalue weighted by atomic mass is 10.1. The first kappa shape index (κ1) is 12.0. The molecule has 0 radical (unpaired) electrons. The number of cyclic esters (lactones) is 1. The molecule has 2 amide bonds. The van der Waals surface area contributed by atoms with E-state index in [1.807, 2.05) is 30.3 Å². The second kappa shape index (κ2) is 4.24. The van der Waals surface area contributed by atoms with Crippen molar-refractivity contribution in [3.8, 4) is 0 Å². The largest absolute Gasteiger partial charge is 0.432 e. The highest BCUT2D eigenvalue weighted by Gasteiger charge is 2.57. The molecule has 3 rings (SSSR count). The smallest absolute Gasteiger partial charge is 0.333 e. The van der Waals surface area contributed by atoms with Crippen LogP contribution in [0.1, 0.15) is 5.56 Å². The maximum absolute atomic E-state index is 12.1. The monoisotopic (exact) mass is 262 g/mol. The zero-order chi connectivity index (χ0) is 13.6. The summed E-state index contributed by atoms with van der Waals surface area (Å²) < 4.78 is 4.80. The Hall–Kier alpha value is -2.08. The maximum atomic E-state index is 12.1. The van der Waals surface area contributed by atoms with Gasteiger partial charge in [-0.3, -0.25) is 0 Å². The van der Waals surface area contributed by atoms with Crippen LogP contribution in [0.4, 0.5) is 4.79 Å². The normalized spacial score (nSPS) is 29.7. The van der Waals surface area contributed by atoms with E-state index in [0.29, 0.717) is 6.54 Å². The zero-order valence-corrected chi connectivity index (χ0v) is 10.4. The van der Waals surface area contributed by atoms with Crippen LogP contribution in [0.2, 0.25) is 0 Å². The van der Waals surface area contributed by atoms with Gasteiger partial charge in [0.15, 0.2) is 6.04 Å². The number of fused-ring (bicyclic) bond motifs is 1. The van der Waals surface area contributed by atoms with Gasteiger partial charge >= 0.3 is 12.0 Å². The third-order valence-electron chi connectivity index (χ3n) is 3.61. The molecule has 1 aromatic rings. The molecule has 0 saturated carbocycles. The number of urea groups is 1. The Morgan fingerprint density at radius 1 is 1.26 bits per heavy atom. The molecular formula is C13H14N2O4. The molecule has 100 valence electrons. The fourth-order valence-corrected chi connectivity index (χ4v) is 2.67. The van der Waals surface area contributed by atoms with Crippen molar-refractivity contribution in [1.29, 1.82) is 0 Å². The van der Waals surface area contributed by atoms with Gasteiger partial charge in [0.2, 0.25) is 6.29 Å². The lowest BCUT2D eigenvalue weighted by Gasteiger charge is -2.23. The van der Waals surface area contributed by atoms with Gasteiger partial charge in [0, 0.05) is 13.6 Å². The summed E-state index contributed by atoms with van der Waals surface area (Å²) in [6.07, 6.45) is -1.25. The number of ether oxygens (including phenoxy) is 1. The van der Waals surface area contributed by atoms with E-state index in [-0.39, 0.29) is 6.03 Å². The topological polar surface area (TPSA) is 70.1 Å². The van der Waals surface area contributed by atoms with Crippen molar-refractivity contribution in [2.75, 3.05) is 7.05 Å². The zero-order valence-electron chi connectivity index (χ0n) is 10.4. The molecule has 0 spiro atoms. The number of carbonyl (C=O) groups is 2. The number of esters is 1. The number of aliphatic hydroxyl groups is 1. The first-order valence-corrected chi connectivity index (χ1v) is 6.05. The summed E-state index contributed by atoms with van der Waals surface area (Å²) in [7, 11) is 1.55. The number of nitrogens with zero attached hydrogens (tertiary/aromatic N) is 2. The Bertz CT molecular complexity index is 519. The number of hydrogen-bond acceptors (Lipinski definition) is 4. The number of hydrogen-bond donors (Lipinski definition) is 1. The molecule has 2 saturated heterocycles. The predicted octanol–water partition coefficient (Wildman–Crippen LogP) is 0.166. The van der Waals surface area contributed by atoms with E-state index in [1.165, 1.54) is 9.80 Å². The van der Waals surface area contributed by atoms with E-state index in [1.54, 1.807) is 7.05 Å². The molecular weight excluding hydrogens is 248 g/mol. The number of amides is 2. The highest BCUT2D eigenvalue weighted by Crippen LogP contribution is 2.32. The molecule has 0 bridgehead atoms. The van der Waals surface area contributed by atoms with Gasteiger partial charge in [0.05, 0.1) is 0 Å². The van der Waals surface area contributed by atoms with Crippen LogP contribution in [0.25, 0.3) is 0 Å². The molecule has 3 atom stereocenters. The molecule has 1 aromatic carbocycles. The van der Waals surface area contributed by atoms with E-state index in [9.17, 15) is 14.7 Å². The molecule has 3 unspecified atom stereocenters. The first-order valence-electron chi connectivity index (χ1n) is 6.05. The molecule has 6 nitrogen and oxygen atoms in total. The van der Waals surface area contributed by atoms with E-state index >= 15 is 0 Å². The fourth-order valence-electron chi connectivity index (χ4n) is 2.67. The standard InChI is InChI=1S/C13H14N2O4/c1-14-9-10(12(17)19-11(9)16)15(13(14)18)7-8-5-3-2-4-6-8/h2-6,9-10,12,17H,7H2,1H3. The van der Waals surface area contributed by atoms with Crippen molar-refractivity contribution in [3.05, 3.63) is 35.9 Å². The minimum atomic E-state index is -1.25. The van der Waals surface area contributed by atoms with Gasteiger partial charge in [-0.1, -0.05) is 30.3 Å². The van der Waals surface area contributed by atoms with Gasteiger partial charge in [-0.25, -0.2) is 9.59 Å². The number of aliphatic hydroxyl groups excluding tert-OH is 1. The highest BCUT2D eigenvalue weighted by molar-refractivity contribution is 5.90. The minimum absolute atomic E-state index is 0.269. The van der Waals surface area contributed by atoms with E-state index in [2.05, 4.69) is 0 Å². The van der Waals surface area contributed by atoms with Crippen LogP contribution in [0.5, 0.6) is 0 Å². The van der Waals surface area contributed by atoms with Gasteiger partial charge in [-0.15, -0.1) is 0 Å². The molecule has 2 aliphatic heterocycles. The van der Waals surface area contributed by atoms with Crippen LogP contribution >= 0.6 is 0 Å². The summed E-state index contributed by atoms with van der Waals surface area (Å²) in [6, 6.07) is 7.82. The third-order valence-corrected chi connectivity index (χ3v) is 3.61. The van der Waals surface area contributed by atoms with Crippen LogP contribution in [-0.2, 0) is 16.1 Å². The second-order valence-corrected chi connectivity index (χ2v) is 4.77. The summed E-state index contributed by atoms with van der Waals surface area (Å²) in [4.78, 5) is 26.6. The lowest BCUT2D eigenvalue weighted by Crippen LogP contribution is -2.41. The van der Waals surface area contributed by atoms with Crippen LogP contribution < -0.4 is 0 Å². The molecule has 0 aliphatic carbocycles. The number of rotatable bonds is 2. The Balaban J connectivity index is 1.89. The lowest BCUT2D eigenvalue weighted by molar-refractivity contribution is -0.158. The molecule has 1 N–H and O–H groups in total. The van der Waals surface area contributed by atoms with Crippen LogP contribution in [0.3, 0.4) is 0 Å². The molecule has 19 heavy (non-hydrogen) atoms. The van der Waals surface area contributed by atoms with Crippen molar-refractivity contribution < 1.29 is 19.4 Å². The summed E-state index contributed by atoms with van der Waals surface area (Å²) >= 11 is 0. The maximum Gasteiger partial charge on any atom is 0.333 e. The molecule has 6 heteroatoms. The van der Waals surface area contributed by atoms with Crippen molar-refractivity contribution >= 4 is 12.0 Å². The summed E-state index contributed by atoms with van der Waals surface area (Å²) in [5.41, 5.74) is 0.941. The summed E-state index contributed by atoms with van der Waals surface area (Å²) in [6.45, 7) is 0.346. The fraction of sp³-hybridized carbons (Fsp3) is 0.385. The van der Waals surface area contributed by atoms with E-state index in [0.717, 1.165) is 5.56 Å². The SMILES string of the molecule is CN1C(=O)N(Cc2ccccc2)C2C(O)OC(=O)C21. The van der Waals surface area contributed by atoms with Gasteiger partial charge in [0.25, 0.3) is 0 Å². The van der Waals surface area contributed by atoms with Crippen molar-refractivity contribution in [3.63, 3.8) is 0 Å². The summed E-state index contributed by atoms with van der Waals surface area (Å²) in [5.74, 6) is -0.552. The third kappa shape index (κ3) is 1.76. The van der Waals surface area contributed by atoms with Gasteiger partial charge in [-0.2, -0.15) is 0 Å². The number of likely N-dealkylation sites (N-methyl/N-ethyl adjacent to an activating group) is 1. The van der Waals surface area contributed by atoms with Gasteiger partial charge in [-0.05, 0) is 5.56 Å². The number of carbonyl (C=O) groups excluding carboxylic acids is 2. The Labute approximate surface area is 110 Å². The van der Waals surface area contributed by atoms with Gasteiger partial charge in [0.1, 0.15) is 6.04 Å². The van der Waals surface area contributed by atoms with Crippen LogP contribution in [-0.4, -0.2) is 52.3 Å². The van der Waals surface area contributed by atoms with Crippen molar-refractivity contribution in [2.24, 2.45) is 0 Å². The van der Waals surface area contributed by atoms with E-state index < -0.39 is 24.3 Å². The van der Waals surface area contributed by atoms with Crippen LogP contribution in [0.15, 0.2) is 30.3 Å². The van der Waals surface area contributed by atoms with Crippen molar-refractivity contribution in [1.82, 2.24) is 9.80 Å². The predicted molar refractivity (Wildman–Crippen MR) is 64.8 cm³/mol. The molecule has 2 fully saturated rings. The average molecular weight is 262 g/mol. The Morgan fingerprint density at radius 2 is 1.95 bits per heavy atom. The Kier molecular flexibility index (Phi) is 2.67. The van der Waals surface area contributed by atoms with E-state index in [4.69, 9.17) is 4.74 Å². The van der Waals surface area contributed by atoms with Gasteiger partial charge < -0.3 is 19.6 Å². The average Bonchev–Trinajstić information content (AvgIpc) is 2.82. The van der Waals surface area contributed by atoms with Crippen molar-refractivity contribution in [2.45, 2.75) is 24.9 Å².